The first-order valence-corrected chi connectivity index (χ1v) is 24.7. The van der Waals surface area contributed by atoms with Crippen LogP contribution < -0.4 is 4.90 Å². The Morgan fingerprint density at radius 3 is 1.84 bits per heavy atom. The van der Waals surface area contributed by atoms with E-state index in [0.717, 1.165) is 17.1 Å². The second-order valence-electron chi connectivity index (χ2n) is 18.2. The quantitative estimate of drug-likeness (QED) is 0.148. The molecule has 1 fully saturated rings. The van der Waals surface area contributed by atoms with Gasteiger partial charge in [0.25, 0.3) is 0 Å². The zero-order valence-corrected chi connectivity index (χ0v) is 38.1. The Hall–Kier alpha value is -7.72. The predicted molar refractivity (Wildman–Crippen MR) is 288 cm³/mol. The molecule has 1 aliphatic carbocycles. The van der Waals surface area contributed by atoms with Crippen LogP contribution in [0.1, 0.15) is 43.6 Å². The Morgan fingerprint density at radius 2 is 1.01 bits per heavy atom. The van der Waals surface area contributed by atoms with Crippen molar-refractivity contribution in [2.75, 3.05) is 4.90 Å². The van der Waals surface area contributed by atoms with Crippen LogP contribution in [0.3, 0.4) is 0 Å². The van der Waals surface area contributed by atoms with Crippen molar-refractivity contribution >= 4 is 81.1 Å². The van der Waals surface area contributed by atoms with Crippen molar-refractivity contribution in [1.29, 1.82) is 0 Å². The number of thiophene rings is 1. The van der Waals surface area contributed by atoms with Gasteiger partial charge in [0.1, 0.15) is 0 Å². The molecule has 67 heavy (non-hydrogen) atoms. The summed E-state index contributed by atoms with van der Waals surface area (Å²) in [4.78, 5) is 2.47. The summed E-state index contributed by atoms with van der Waals surface area (Å²) in [7, 11) is 0. The maximum atomic E-state index is 2.47. The van der Waals surface area contributed by atoms with E-state index in [1.807, 2.05) is 11.3 Å². The zero-order valence-electron chi connectivity index (χ0n) is 37.3. The second kappa shape index (κ2) is 16.6. The van der Waals surface area contributed by atoms with Crippen molar-refractivity contribution in [2.45, 2.75) is 38.0 Å². The van der Waals surface area contributed by atoms with Gasteiger partial charge in [-0.1, -0.05) is 177 Å². The summed E-state index contributed by atoms with van der Waals surface area (Å²) in [6, 6.07) is 83.4. The van der Waals surface area contributed by atoms with E-state index in [-0.39, 0.29) is 0 Å². The molecular weight excluding hydrogens is 829 g/mol. The van der Waals surface area contributed by atoms with E-state index in [2.05, 4.69) is 234 Å². The number of benzene rings is 10. The lowest BCUT2D eigenvalue weighted by Gasteiger charge is -2.29. The number of anilines is 3. The van der Waals surface area contributed by atoms with Crippen molar-refractivity contribution < 1.29 is 0 Å². The molecule has 10 aromatic carbocycles. The molecule has 2 aromatic heterocycles. The molecule has 0 spiro atoms. The maximum Gasteiger partial charge on any atom is 0.0547 e. The van der Waals surface area contributed by atoms with Crippen LogP contribution in [-0.2, 0) is 0 Å². The largest absolute Gasteiger partial charge is 0.310 e. The molecule has 0 saturated heterocycles. The fourth-order valence-electron chi connectivity index (χ4n) is 11.3. The third kappa shape index (κ3) is 6.84. The first-order valence-electron chi connectivity index (χ1n) is 23.9. The number of aromatic nitrogens is 1. The molecule has 0 radical (unpaired) electrons. The van der Waals surface area contributed by atoms with Gasteiger partial charge >= 0.3 is 0 Å². The summed E-state index contributed by atoms with van der Waals surface area (Å²) >= 11 is 1.87. The van der Waals surface area contributed by atoms with E-state index in [0.29, 0.717) is 5.92 Å². The fraction of sp³-hybridized carbons (Fsp3) is 0.0938. The summed E-state index contributed by atoms with van der Waals surface area (Å²) in [6.07, 6.45) is 6.48. The predicted octanol–water partition coefficient (Wildman–Crippen LogP) is 18.8. The highest BCUT2D eigenvalue weighted by molar-refractivity contribution is 7.25. The Labute approximate surface area is 395 Å². The van der Waals surface area contributed by atoms with E-state index >= 15 is 0 Å². The van der Waals surface area contributed by atoms with Gasteiger partial charge < -0.3 is 9.47 Å². The number of rotatable bonds is 8. The van der Waals surface area contributed by atoms with Crippen molar-refractivity contribution in [3.63, 3.8) is 0 Å². The van der Waals surface area contributed by atoms with Gasteiger partial charge in [-0.15, -0.1) is 11.3 Å². The number of fused-ring (bicyclic) bond motifs is 7. The summed E-state index contributed by atoms with van der Waals surface area (Å²) in [5.74, 6) is 0.583. The SMILES string of the molecule is c1ccc(-n2c3ccccc3c3ccc(-c4ccc(N(c5ccc(-c6cccc7sc8ccccc8c67)cc5)c5ccccc5-c5cccc6cccc(C7CCCCC7)c56)cc4)cc32)cc1. The molecule has 12 aromatic rings. The normalized spacial score (nSPS) is 13.3. The van der Waals surface area contributed by atoms with Gasteiger partial charge in [0.05, 0.1) is 16.7 Å². The molecule has 0 N–H and O–H groups in total. The number of para-hydroxylation sites is 3. The topological polar surface area (TPSA) is 8.17 Å². The Morgan fingerprint density at radius 1 is 0.403 bits per heavy atom. The van der Waals surface area contributed by atoms with Gasteiger partial charge in [0.2, 0.25) is 0 Å². The van der Waals surface area contributed by atoms with Crippen molar-refractivity contribution in [3.05, 3.63) is 230 Å². The monoisotopic (exact) mass is 876 g/mol. The van der Waals surface area contributed by atoms with E-state index in [9.17, 15) is 0 Å². The van der Waals surface area contributed by atoms with Gasteiger partial charge in [-0.3, -0.25) is 0 Å². The summed E-state index contributed by atoms with van der Waals surface area (Å²) in [5, 5.41) is 7.89. The standard InChI is InChI=1S/C64H48N2S/c1-3-16-44(17-4-1)51-25-13-18-46-19-14-27-56(63(46)51)54-23-8-10-28-58(54)65(50-39-34-45(35-40-50)52-26-15-31-62-64(52)57-24-9-12-30-61(57)67-62)49-37-32-43(33-38-49)47-36-41-55-53-22-7-11-29-59(53)66(60(55)42-47)48-20-5-2-6-21-48/h2,5-15,18-42,44H,1,3-4,16-17H2. The minimum atomic E-state index is 0.583. The molecule has 2 heterocycles. The fourth-order valence-corrected chi connectivity index (χ4v) is 12.4. The molecule has 0 amide bonds. The molecule has 0 aliphatic heterocycles. The zero-order chi connectivity index (χ0) is 44.3. The van der Waals surface area contributed by atoms with Crippen LogP contribution in [0.25, 0.3) is 91.8 Å². The summed E-state index contributed by atoms with van der Waals surface area (Å²) in [5.41, 5.74) is 15.9. The van der Waals surface area contributed by atoms with E-state index in [4.69, 9.17) is 0 Å². The Bertz CT molecular complexity index is 3770. The van der Waals surface area contributed by atoms with Crippen LogP contribution in [0.4, 0.5) is 17.1 Å². The molecule has 320 valence electrons. The molecule has 3 heteroatoms. The Kier molecular flexibility index (Phi) is 9.83. The Balaban J connectivity index is 0.961. The average Bonchev–Trinajstić information content (AvgIpc) is 3.95. The van der Waals surface area contributed by atoms with Gasteiger partial charge in [0.15, 0.2) is 0 Å². The van der Waals surface area contributed by atoms with Gasteiger partial charge in [-0.25, -0.2) is 0 Å². The number of hydrogen-bond acceptors (Lipinski definition) is 2. The molecule has 0 unspecified atom stereocenters. The highest BCUT2D eigenvalue weighted by Crippen LogP contribution is 2.47. The van der Waals surface area contributed by atoms with Crippen LogP contribution in [-0.4, -0.2) is 4.57 Å². The van der Waals surface area contributed by atoms with Crippen LogP contribution in [0.5, 0.6) is 0 Å². The summed E-state index contributed by atoms with van der Waals surface area (Å²) < 4.78 is 5.05. The third-order valence-corrected chi connectivity index (χ3v) is 15.5. The second-order valence-corrected chi connectivity index (χ2v) is 19.3. The number of nitrogens with zero attached hydrogens (tertiary/aromatic N) is 2. The average molecular weight is 877 g/mol. The maximum absolute atomic E-state index is 2.47. The highest BCUT2D eigenvalue weighted by atomic mass is 32.1. The minimum Gasteiger partial charge on any atom is -0.310 e. The molecule has 2 nitrogen and oxygen atoms in total. The summed E-state index contributed by atoms with van der Waals surface area (Å²) in [6.45, 7) is 0. The van der Waals surface area contributed by atoms with E-state index in [1.165, 1.54) is 129 Å². The first-order chi connectivity index (χ1) is 33.2. The lowest BCUT2D eigenvalue weighted by molar-refractivity contribution is 0.445. The molecule has 13 rings (SSSR count). The van der Waals surface area contributed by atoms with Crippen LogP contribution in [0.2, 0.25) is 0 Å². The lowest BCUT2D eigenvalue weighted by Crippen LogP contribution is -2.11. The van der Waals surface area contributed by atoms with Gasteiger partial charge in [-0.05, 0) is 130 Å². The smallest absolute Gasteiger partial charge is 0.0547 e. The highest BCUT2D eigenvalue weighted by Gasteiger charge is 2.23. The van der Waals surface area contributed by atoms with Crippen molar-refractivity contribution in [1.82, 2.24) is 4.57 Å². The van der Waals surface area contributed by atoms with Crippen LogP contribution in [0.15, 0.2) is 224 Å². The van der Waals surface area contributed by atoms with E-state index < -0.39 is 0 Å². The van der Waals surface area contributed by atoms with Crippen molar-refractivity contribution in [2.24, 2.45) is 0 Å². The lowest BCUT2D eigenvalue weighted by atomic mass is 9.80. The molecule has 0 atom stereocenters. The van der Waals surface area contributed by atoms with Crippen molar-refractivity contribution in [3.8, 4) is 39.1 Å². The van der Waals surface area contributed by atoms with Gasteiger partial charge in [0, 0.05) is 53.6 Å². The number of hydrogen-bond donors (Lipinski definition) is 0. The molecule has 0 bridgehead atoms. The molecule has 1 aliphatic rings. The molecule has 1 saturated carbocycles. The third-order valence-electron chi connectivity index (χ3n) is 14.4. The molecular formula is C64H48N2S. The van der Waals surface area contributed by atoms with Crippen LogP contribution in [0, 0.1) is 0 Å². The van der Waals surface area contributed by atoms with Crippen LogP contribution >= 0.6 is 11.3 Å². The minimum absolute atomic E-state index is 0.583. The van der Waals surface area contributed by atoms with E-state index in [1.54, 1.807) is 0 Å². The first kappa shape index (κ1) is 39.6. The van der Waals surface area contributed by atoms with Gasteiger partial charge in [-0.2, -0.15) is 0 Å².